The van der Waals surface area contributed by atoms with Gasteiger partial charge in [-0.15, -0.1) is 0 Å². The number of piperazine rings is 1. The van der Waals surface area contributed by atoms with Crippen LogP contribution in [0.3, 0.4) is 0 Å². The number of amides is 1. The average molecular weight is 446 g/mol. The third-order valence-electron chi connectivity index (χ3n) is 6.69. The number of aromatic nitrogens is 2. The maximum Gasteiger partial charge on any atom is 0.271 e. The molecule has 2 heterocycles. The fourth-order valence-corrected chi connectivity index (χ4v) is 4.60. The molecule has 1 aromatic heterocycles. The molecular formula is C24H43N7O. The van der Waals surface area contributed by atoms with Gasteiger partial charge in [0, 0.05) is 51.7 Å². The number of carbonyl (C=O) groups excluding carboxylic acids is 1. The second-order valence-electron chi connectivity index (χ2n) is 10.5. The van der Waals surface area contributed by atoms with E-state index in [0.29, 0.717) is 11.6 Å². The zero-order valence-corrected chi connectivity index (χ0v) is 20.8. The quantitative estimate of drug-likeness (QED) is 0.475. The Morgan fingerprint density at radius 3 is 2.47 bits per heavy atom. The van der Waals surface area contributed by atoms with Crippen LogP contribution in [0.1, 0.15) is 69.1 Å². The first-order valence-corrected chi connectivity index (χ1v) is 12.3. The van der Waals surface area contributed by atoms with Gasteiger partial charge < -0.3 is 15.5 Å². The molecule has 0 unspecified atom stereocenters. The highest BCUT2D eigenvalue weighted by Gasteiger charge is 2.29. The summed E-state index contributed by atoms with van der Waals surface area (Å²) < 4.78 is 1.71. The summed E-state index contributed by atoms with van der Waals surface area (Å²) in [6.07, 6.45) is 8.03. The second kappa shape index (κ2) is 11.3. The van der Waals surface area contributed by atoms with Gasteiger partial charge in [-0.2, -0.15) is 5.10 Å². The highest BCUT2D eigenvalue weighted by atomic mass is 16.2. The van der Waals surface area contributed by atoms with Gasteiger partial charge in [-0.05, 0) is 25.8 Å². The largest absolute Gasteiger partial charge is 0.350 e. The van der Waals surface area contributed by atoms with E-state index in [1.807, 2.05) is 7.05 Å². The summed E-state index contributed by atoms with van der Waals surface area (Å²) in [7, 11) is 4.02. The van der Waals surface area contributed by atoms with E-state index >= 15 is 0 Å². The van der Waals surface area contributed by atoms with Gasteiger partial charge in [0.05, 0.1) is 24.3 Å². The maximum absolute atomic E-state index is 13.1. The van der Waals surface area contributed by atoms with Crippen molar-refractivity contribution in [2.24, 2.45) is 18.0 Å². The number of nitrogens with zero attached hydrogens (tertiary/aromatic N) is 5. The Morgan fingerprint density at radius 2 is 1.81 bits per heavy atom. The van der Waals surface area contributed by atoms with Crippen LogP contribution in [0.5, 0.6) is 0 Å². The smallest absolute Gasteiger partial charge is 0.271 e. The third kappa shape index (κ3) is 6.78. The van der Waals surface area contributed by atoms with Gasteiger partial charge in [0.1, 0.15) is 5.69 Å². The van der Waals surface area contributed by atoms with Gasteiger partial charge in [-0.25, -0.2) is 0 Å². The van der Waals surface area contributed by atoms with Gasteiger partial charge in [0.2, 0.25) is 0 Å². The average Bonchev–Trinajstić information content (AvgIpc) is 3.10. The molecule has 2 aliphatic rings. The Labute approximate surface area is 193 Å². The van der Waals surface area contributed by atoms with Crippen molar-refractivity contribution in [2.75, 3.05) is 58.2 Å². The highest BCUT2D eigenvalue weighted by molar-refractivity contribution is 6.01. The van der Waals surface area contributed by atoms with E-state index in [2.05, 4.69) is 53.2 Å². The Balaban J connectivity index is 1.62. The molecule has 8 nitrogen and oxygen atoms in total. The van der Waals surface area contributed by atoms with Crippen molar-refractivity contribution in [2.45, 2.75) is 58.3 Å². The fourth-order valence-electron chi connectivity index (χ4n) is 4.60. The first-order valence-electron chi connectivity index (χ1n) is 12.3. The predicted octanol–water partition coefficient (Wildman–Crippen LogP) is 2.72. The van der Waals surface area contributed by atoms with E-state index in [9.17, 15) is 4.79 Å². The Bertz CT molecular complexity index is 766. The molecular weight excluding hydrogens is 402 g/mol. The minimum Gasteiger partial charge on any atom is -0.350 e. The molecule has 1 aliphatic heterocycles. The topological polar surface area (TPSA) is 77.8 Å². The van der Waals surface area contributed by atoms with E-state index in [0.717, 1.165) is 57.2 Å². The summed E-state index contributed by atoms with van der Waals surface area (Å²) in [6.45, 7) is 13.2. The molecule has 8 heteroatoms. The van der Waals surface area contributed by atoms with Crippen LogP contribution in [0.25, 0.3) is 0 Å². The van der Waals surface area contributed by atoms with Crippen molar-refractivity contribution < 1.29 is 4.79 Å². The van der Waals surface area contributed by atoms with Crippen LogP contribution in [-0.4, -0.2) is 84.7 Å². The van der Waals surface area contributed by atoms with E-state index in [-0.39, 0.29) is 11.3 Å². The van der Waals surface area contributed by atoms with Gasteiger partial charge in [-0.3, -0.25) is 19.4 Å². The Hall–Kier alpha value is -1.93. The molecule has 0 aromatic carbocycles. The molecule has 2 N–H and O–H groups in total. The summed E-state index contributed by atoms with van der Waals surface area (Å²) in [6, 6.07) is 0. The number of anilines is 1. The van der Waals surface area contributed by atoms with Crippen molar-refractivity contribution in [1.29, 1.82) is 0 Å². The lowest BCUT2D eigenvalue weighted by Gasteiger charge is -2.31. The Morgan fingerprint density at radius 1 is 1.12 bits per heavy atom. The second-order valence-corrected chi connectivity index (χ2v) is 10.5. The zero-order valence-electron chi connectivity index (χ0n) is 20.8. The van der Waals surface area contributed by atoms with Crippen molar-refractivity contribution in [3.8, 4) is 0 Å². The monoisotopic (exact) mass is 445 g/mol. The van der Waals surface area contributed by atoms with Crippen molar-refractivity contribution in [3.63, 3.8) is 0 Å². The number of aryl methyl sites for hydroxylation is 1. The molecule has 1 saturated heterocycles. The van der Waals surface area contributed by atoms with E-state index in [4.69, 9.17) is 5.10 Å². The number of carbonyl (C=O) groups is 1. The third-order valence-corrected chi connectivity index (χ3v) is 6.69. The molecule has 2 fully saturated rings. The highest BCUT2D eigenvalue weighted by Crippen LogP contribution is 2.31. The zero-order chi connectivity index (χ0) is 23.1. The first-order chi connectivity index (χ1) is 15.3. The predicted molar refractivity (Wildman–Crippen MR) is 132 cm³/mol. The Kier molecular flexibility index (Phi) is 8.71. The molecule has 0 bridgehead atoms. The van der Waals surface area contributed by atoms with Crippen LogP contribution in [0.2, 0.25) is 0 Å². The standard InChI is InChI=1S/C24H43N7O/c1-24(2,3)22-20(27-18-25-11-12-31-15-13-29(4)14-16-31)21(30(5)28-22)23(32)26-17-19-9-7-6-8-10-19/h18-19H,6-17H2,1-5H3,(H,25,27)(H,26,32). The van der Waals surface area contributed by atoms with E-state index in [1.54, 1.807) is 11.0 Å². The molecule has 3 rings (SSSR count). The summed E-state index contributed by atoms with van der Waals surface area (Å²) in [5.74, 6) is 0.532. The van der Waals surface area contributed by atoms with E-state index < -0.39 is 0 Å². The number of likely N-dealkylation sites (N-methyl/N-ethyl adjacent to an activating group) is 1. The van der Waals surface area contributed by atoms with Crippen LogP contribution < -0.4 is 10.6 Å². The number of hydrogen-bond donors (Lipinski definition) is 2. The summed E-state index contributed by atoms with van der Waals surface area (Å²) in [5.41, 5.74) is 2.05. The molecule has 0 spiro atoms. The van der Waals surface area contributed by atoms with E-state index in [1.165, 1.54) is 32.1 Å². The molecule has 1 amide bonds. The summed E-state index contributed by atoms with van der Waals surface area (Å²) in [5, 5.41) is 11.2. The van der Waals surface area contributed by atoms with Gasteiger partial charge in [0.25, 0.3) is 5.91 Å². The lowest BCUT2D eigenvalue weighted by molar-refractivity contribution is 0.0935. The molecule has 32 heavy (non-hydrogen) atoms. The first kappa shape index (κ1) is 24.7. The lowest BCUT2D eigenvalue weighted by Crippen LogP contribution is -2.45. The van der Waals surface area contributed by atoms with Crippen LogP contribution in [0.4, 0.5) is 5.69 Å². The van der Waals surface area contributed by atoms with Gasteiger partial charge >= 0.3 is 0 Å². The molecule has 1 aliphatic carbocycles. The lowest BCUT2D eigenvalue weighted by atomic mass is 9.89. The van der Waals surface area contributed by atoms with Gasteiger partial charge in [0.15, 0.2) is 0 Å². The number of hydrogen-bond acceptors (Lipinski definition) is 5. The molecule has 0 atom stereocenters. The minimum absolute atomic E-state index is 0.0607. The molecule has 0 radical (unpaired) electrons. The summed E-state index contributed by atoms with van der Waals surface area (Å²) >= 11 is 0. The number of rotatable bonds is 8. The van der Waals surface area contributed by atoms with Crippen molar-refractivity contribution in [3.05, 3.63) is 11.4 Å². The maximum atomic E-state index is 13.1. The number of nitrogens with one attached hydrogen (secondary N) is 2. The molecule has 1 saturated carbocycles. The summed E-state index contributed by atoms with van der Waals surface area (Å²) in [4.78, 5) is 22.5. The minimum atomic E-state index is -0.185. The van der Waals surface area contributed by atoms with Gasteiger partial charge in [-0.1, -0.05) is 40.0 Å². The molecule has 180 valence electrons. The van der Waals surface area contributed by atoms with Crippen LogP contribution in [0, 0.1) is 5.92 Å². The molecule has 1 aromatic rings. The normalized spacial score (nSPS) is 19.5. The SMILES string of the molecule is CN1CCN(CCN=CNc2c(C(C)(C)C)nn(C)c2C(=O)NCC2CCCCC2)CC1. The van der Waals surface area contributed by atoms with Crippen molar-refractivity contribution in [1.82, 2.24) is 24.9 Å². The van der Waals surface area contributed by atoms with Crippen LogP contribution >= 0.6 is 0 Å². The van der Waals surface area contributed by atoms with Crippen molar-refractivity contribution >= 4 is 17.9 Å². The van der Waals surface area contributed by atoms with Crippen LogP contribution in [-0.2, 0) is 12.5 Å². The fraction of sp³-hybridized carbons (Fsp3) is 0.792. The van der Waals surface area contributed by atoms with Crippen LogP contribution in [0.15, 0.2) is 4.99 Å². The number of aliphatic imine (C=N–C) groups is 1.